The number of para-hydroxylation sites is 1. The summed E-state index contributed by atoms with van der Waals surface area (Å²) in [5.74, 6) is 0. The average molecular weight is 1020 g/mol. The van der Waals surface area contributed by atoms with E-state index in [1.54, 1.807) is 0 Å². The van der Waals surface area contributed by atoms with Crippen LogP contribution < -0.4 is 9.80 Å². The van der Waals surface area contributed by atoms with Crippen LogP contribution in [0, 0.1) is 0 Å². The van der Waals surface area contributed by atoms with Gasteiger partial charge in [-0.15, -0.1) is 0 Å². The highest BCUT2D eigenvalue weighted by atomic mass is 16.3. The van der Waals surface area contributed by atoms with Gasteiger partial charge in [-0.25, -0.2) is 0 Å². The third kappa shape index (κ3) is 8.42. The molecule has 0 unspecified atom stereocenters. The van der Waals surface area contributed by atoms with Gasteiger partial charge in [0.2, 0.25) is 0 Å². The van der Waals surface area contributed by atoms with E-state index in [1.165, 1.54) is 66.4 Å². The van der Waals surface area contributed by atoms with Crippen LogP contribution >= 0.6 is 0 Å². The highest BCUT2D eigenvalue weighted by Gasteiger charge is 2.49. The minimum Gasteiger partial charge on any atom is -0.454 e. The minimum absolute atomic E-state index is 0.00247. The summed E-state index contributed by atoms with van der Waals surface area (Å²) in [6.45, 7) is 27.5. The van der Waals surface area contributed by atoms with Gasteiger partial charge in [0.05, 0.1) is 16.8 Å². The monoisotopic (exact) mass is 1020 g/mol. The first-order valence-corrected chi connectivity index (χ1v) is 27.9. The number of anilines is 6. The fourth-order valence-electron chi connectivity index (χ4n) is 12.3. The van der Waals surface area contributed by atoms with Crippen LogP contribution in [-0.2, 0) is 27.1 Å². The first-order valence-electron chi connectivity index (χ1n) is 27.9. The zero-order chi connectivity index (χ0) is 54.5. The Morgan fingerprint density at radius 3 is 1.06 bits per heavy atom. The molecule has 3 heteroatoms. The number of hydrogen-bond donors (Lipinski definition) is 0. The van der Waals surface area contributed by atoms with Gasteiger partial charge in [0.1, 0.15) is 5.58 Å². The standard InChI is InChI=1S/C75H72N2O/c1-71(2,3)49-31-39-55(40-32-49)76(56-41-33-50(34-42-56)72(4,5)6)64-47-62-67(60-28-20-19-27-59(60)64)69-63(75(62,53-23-15-13-16-24-53)54-25-17-14-18-26-54)48-65(70-68(69)61-29-21-22-30-66(61)78-70)77(57-43-35-51(36-44-57)73(7,8)9)58-45-37-52(38-46-58)74(10,11)12/h13-48H,1-12H3. The fourth-order valence-corrected chi connectivity index (χ4v) is 12.3. The number of furan rings is 1. The van der Waals surface area contributed by atoms with E-state index >= 15 is 0 Å². The SMILES string of the molecule is CC(C)(C)c1ccc(N(c2ccc(C(C)(C)C)cc2)c2cc3c(c4ccccc24)-c2c(cc(N(c4ccc(C(C)(C)C)cc4)c4ccc(C(C)(C)C)cc4)c4oc5ccccc5c24)C3(c2ccccc2)c2ccccc2)cc1. The Balaban J connectivity index is 1.25. The minimum atomic E-state index is -0.803. The largest absolute Gasteiger partial charge is 0.454 e. The van der Waals surface area contributed by atoms with Crippen molar-refractivity contribution in [3.8, 4) is 11.1 Å². The molecule has 0 bridgehead atoms. The van der Waals surface area contributed by atoms with Crippen LogP contribution in [0.25, 0.3) is 43.8 Å². The molecule has 0 fully saturated rings. The van der Waals surface area contributed by atoms with Crippen molar-refractivity contribution < 1.29 is 4.42 Å². The quantitative estimate of drug-likeness (QED) is 0.151. The molecule has 0 saturated heterocycles. The maximum atomic E-state index is 7.39. The van der Waals surface area contributed by atoms with Crippen molar-refractivity contribution >= 4 is 66.8 Å². The first kappa shape index (κ1) is 50.7. The Labute approximate surface area is 462 Å². The molecule has 12 rings (SSSR count). The summed E-state index contributed by atoms with van der Waals surface area (Å²) in [5, 5.41) is 4.56. The van der Waals surface area contributed by atoms with Gasteiger partial charge in [-0.05, 0) is 149 Å². The molecule has 0 amide bonds. The summed E-state index contributed by atoms with van der Waals surface area (Å²) < 4.78 is 7.39. The lowest BCUT2D eigenvalue weighted by atomic mass is 9.67. The molecule has 1 aliphatic rings. The Hall–Kier alpha value is -8.14. The molecule has 10 aromatic carbocycles. The summed E-state index contributed by atoms with van der Waals surface area (Å²) in [6.07, 6.45) is 0. The second kappa shape index (κ2) is 18.5. The summed E-state index contributed by atoms with van der Waals surface area (Å²) in [7, 11) is 0. The lowest BCUT2D eigenvalue weighted by Gasteiger charge is -2.36. The molecular weight excluding hydrogens is 945 g/mol. The van der Waals surface area contributed by atoms with E-state index in [0.717, 1.165) is 56.1 Å². The van der Waals surface area contributed by atoms with Crippen molar-refractivity contribution in [3.63, 3.8) is 0 Å². The molecule has 0 spiro atoms. The number of rotatable bonds is 8. The van der Waals surface area contributed by atoms with Crippen molar-refractivity contribution in [2.24, 2.45) is 0 Å². The van der Waals surface area contributed by atoms with E-state index in [0.29, 0.717) is 0 Å². The predicted octanol–water partition coefficient (Wildman–Crippen LogP) is 21.2. The van der Waals surface area contributed by atoms with Crippen molar-refractivity contribution in [2.45, 2.75) is 110 Å². The number of nitrogens with zero attached hydrogens (tertiary/aromatic N) is 2. The third-order valence-electron chi connectivity index (χ3n) is 16.6. The highest BCUT2D eigenvalue weighted by Crippen LogP contribution is 2.64. The maximum absolute atomic E-state index is 7.39. The zero-order valence-electron chi connectivity index (χ0n) is 47.6. The molecule has 0 radical (unpaired) electrons. The van der Waals surface area contributed by atoms with E-state index in [-0.39, 0.29) is 21.7 Å². The second-order valence-electron chi connectivity index (χ2n) is 25.8. The van der Waals surface area contributed by atoms with Gasteiger partial charge >= 0.3 is 0 Å². The molecule has 78 heavy (non-hydrogen) atoms. The lowest BCUT2D eigenvalue weighted by Crippen LogP contribution is -2.29. The molecule has 0 atom stereocenters. The van der Waals surface area contributed by atoms with Gasteiger partial charge < -0.3 is 14.2 Å². The smallest absolute Gasteiger partial charge is 0.160 e. The Kier molecular flexibility index (Phi) is 12.0. The number of hydrogen-bond acceptors (Lipinski definition) is 3. The fraction of sp³-hybridized carbons (Fsp3) is 0.227. The second-order valence-corrected chi connectivity index (χ2v) is 25.8. The topological polar surface area (TPSA) is 19.6 Å². The van der Waals surface area contributed by atoms with E-state index in [1.807, 2.05) is 0 Å². The molecule has 388 valence electrons. The molecule has 0 N–H and O–H groups in total. The molecule has 0 saturated carbocycles. The van der Waals surface area contributed by atoms with Gasteiger partial charge in [0.15, 0.2) is 5.58 Å². The van der Waals surface area contributed by atoms with Crippen LogP contribution in [0.5, 0.6) is 0 Å². The van der Waals surface area contributed by atoms with Crippen LogP contribution in [0.4, 0.5) is 34.1 Å². The molecule has 1 aromatic heterocycles. The van der Waals surface area contributed by atoms with Crippen molar-refractivity contribution in [2.75, 3.05) is 9.80 Å². The van der Waals surface area contributed by atoms with E-state index in [9.17, 15) is 0 Å². The van der Waals surface area contributed by atoms with E-state index < -0.39 is 5.41 Å². The number of benzene rings is 10. The van der Waals surface area contributed by atoms with Crippen molar-refractivity contribution in [3.05, 3.63) is 263 Å². The Bertz CT molecular complexity index is 3850. The van der Waals surface area contributed by atoms with Crippen LogP contribution in [0.15, 0.2) is 223 Å². The highest BCUT2D eigenvalue weighted by molar-refractivity contribution is 6.23. The predicted molar refractivity (Wildman–Crippen MR) is 333 cm³/mol. The van der Waals surface area contributed by atoms with Gasteiger partial charge in [-0.3, -0.25) is 0 Å². The summed E-state index contributed by atoms with van der Waals surface area (Å²) in [4.78, 5) is 4.95. The van der Waals surface area contributed by atoms with Crippen LogP contribution in [-0.4, -0.2) is 0 Å². The molecular formula is C75H72N2O. The molecule has 3 nitrogen and oxygen atoms in total. The number of fused-ring (bicyclic) bond motifs is 9. The zero-order valence-corrected chi connectivity index (χ0v) is 47.6. The van der Waals surface area contributed by atoms with Crippen molar-refractivity contribution in [1.29, 1.82) is 0 Å². The summed E-state index contributed by atoms with van der Waals surface area (Å²) in [6, 6.07) is 82.3. The van der Waals surface area contributed by atoms with Crippen molar-refractivity contribution in [1.82, 2.24) is 0 Å². The van der Waals surface area contributed by atoms with Gasteiger partial charge in [0, 0.05) is 38.9 Å². The molecule has 1 aliphatic carbocycles. The maximum Gasteiger partial charge on any atom is 0.160 e. The molecule has 1 heterocycles. The normalized spacial score (nSPS) is 13.5. The average Bonchev–Trinajstić information content (AvgIpc) is 4.04. The summed E-state index contributed by atoms with van der Waals surface area (Å²) in [5.41, 5.74) is 19.7. The lowest BCUT2D eigenvalue weighted by molar-refractivity contribution is 0.590. The van der Waals surface area contributed by atoms with Gasteiger partial charge in [-0.1, -0.05) is 235 Å². The summed E-state index contributed by atoms with van der Waals surface area (Å²) >= 11 is 0. The molecule has 0 aliphatic heterocycles. The Morgan fingerprint density at radius 1 is 0.321 bits per heavy atom. The third-order valence-corrected chi connectivity index (χ3v) is 16.6. The van der Waals surface area contributed by atoms with Gasteiger partial charge in [-0.2, -0.15) is 0 Å². The van der Waals surface area contributed by atoms with Crippen LogP contribution in [0.1, 0.15) is 128 Å². The van der Waals surface area contributed by atoms with Gasteiger partial charge in [0.25, 0.3) is 0 Å². The van der Waals surface area contributed by atoms with E-state index in [2.05, 4.69) is 311 Å². The van der Waals surface area contributed by atoms with Crippen LogP contribution in [0.3, 0.4) is 0 Å². The first-order chi connectivity index (χ1) is 37.2. The molecule has 11 aromatic rings. The van der Waals surface area contributed by atoms with E-state index in [4.69, 9.17) is 4.42 Å². The Morgan fingerprint density at radius 2 is 0.654 bits per heavy atom. The van der Waals surface area contributed by atoms with Crippen LogP contribution in [0.2, 0.25) is 0 Å².